The average molecular weight is 413 g/mol. The Bertz CT molecular complexity index is 1210. The van der Waals surface area contributed by atoms with E-state index in [2.05, 4.69) is 5.32 Å². The zero-order valence-corrected chi connectivity index (χ0v) is 17.5. The minimum atomic E-state index is -4.03. The quantitative estimate of drug-likeness (QED) is 0.674. The van der Waals surface area contributed by atoms with E-state index >= 15 is 0 Å². The normalized spacial score (nSPS) is 12.7. The minimum absolute atomic E-state index is 0.0389. The molecule has 1 N–H and O–H groups in total. The molecule has 6 nitrogen and oxygen atoms in total. The van der Waals surface area contributed by atoms with E-state index < -0.39 is 15.4 Å². The predicted octanol–water partition coefficient (Wildman–Crippen LogP) is 3.06. The first-order chi connectivity index (χ1) is 13.7. The van der Waals surface area contributed by atoms with Gasteiger partial charge in [-0.1, -0.05) is 36.8 Å². The Labute approximate surface area is 170 Å². The molecule has 0 saturated heterocycles. The molecule has 1 aromatic heterocycles. The fraction of sp³-hybridized carbons (Fsp3) is 0.273. The fourth-order valence-electron chi connectivity index (χ4n) is 3.12. The first-order valence-corrected chi connectivity index (χ1v) is 11.0. The summed E-state index contributed by atoms with van der Waals surface area (Å²) < 4.78 is 27.5. The number of aromatic nitrogens is 1. The van der Waals surface area contributed by atoms with Crippen LogP contribution in [0.3, 0.4) is 0 Å². The highest BCUT2D eigenvalue weighted by Gasteiger charge is 2.24. The lowest BCUT2D eigenvalue weighted by atomic mass is 10.1. The highest BCUT2D eigenvalue weighted by atomic mass is 32.2. The summed E-state index contributed by atoms with van der Waals surface area (Å²) in [5, 5.41) is 3.42. The monoisotopic (exact) mass is 412 g/mol. The van der Waals surface area contributed by atoms with Gasteiger partial charge in [0.1, 0.15) is 11.4 Å². The van der Waals surface area contributed by atoms with Crippen molar-refractivity contribution >= 4 is 26.6 Å². The molecule has 3 aromatic rings. The third kappa shape index (κ3) is 4.24. The van der Waals surface area contributed by atoms with E-state index in [0.717, 1.165) is 12.0 Å². The van der Waals surface area contributed by atoms with Crippen molar-refractivity contribution in [2.24, 2.45) is 0 Å². The molecule has 152 valence electrons. The lowest BCUT2D eigenvalue weighted by Crippen LogP contribution is -2.38. The highest BCUT2D eigenvalue weighted by molar-refractivity contribution is 7.91. The number of nitrogens with one attached hydrogen (secondary N) is 1. The maximum atomic E-state index is 13.2. The Hall–Kier alpha value is -2.93. The molecule has 1 atom stereocenters. The number of pyridine rings is 1. The number of rotatable bonds is 6. The van der Waals surface area contributed by atoms with Crippen molar-refractivity contribution in [2.45, 2.75) is 49.6 Å². The van der Waals surface area contributed by atoms with Crippen LogP contribution in [0.15, 0.2) is 69.2 Å². The minimum Gasteiger partial charge on any atom is -0.352 e. The van der Waals surface area contributed by atoms with E-state index in [1.807, 2.05) is 32.9 Å². The van der Waals surface area contributed by atoms with Gasteiger partial charge in [0.25, 0.3) is 5.56 Å². The Morgan fingerprint density at radius 3 is 2.45 bits per heavy atom. The van der Waals surface area contributed by atoms with E-state index in [0.29, 0.717) is 10.9 Å². The number of carbonyl (C=O) groups is 1. The van der Waals surface area contributed by atoms with Gasteiger partial charge in [-0.25, -0.2) is 8.42 Å². The third-order valence-electron chi connectivity index (χ3n) is 4.88. The topological polar surface area (TPSA) is 85.2 Å². The van der Waals surface area contributed by atoms with Gasteiger partial charge in [-0.05, 0) is 50.6 Å². The molecule has 0 saturated carbocycles. The molecule has 2 aromatic carbocycles. The van der Waals surface area contributed by atoms with Crippen LogP contribution in [0.1, 0.15) is 25.8 Å². The van der Waals surface area contributed by atoms with Crippen LogP contribution < -0.4 is 10.9 Å². The zero-order valence-electron chi connectivity index (χ0n) is 16.7. The van der Waals surface area contributed by atoms with Crippen molar-refractivity contribution in [2.75, 3.05) is 0 Å². The fourth-order valence-corrected chi connectivity index (χ4v) is 4.51. The van der Waals surface area contributed by atoms with Gasteiger partial charge in [-0.2, -0.15) is 0 Å². The predicted molar refractivity (Wildman–Crippen MR) is 113 cm³/mol. The number of amides is 1. The second-order valence-corrected chi connectivity index (χ2v) is 9.07. The van der Waals surface area contributed by atoms with E-state index in [4.69, 9.17) is 0 Å². The Morgan fingerprint density at radius 1 is 1.10 bits per heavy atom. The molecule has 0 aliphatic rings. The summed E-state index contributed by atoms with van der Waals surface area (Å²) in [4.78, 5) is 25.3. The van der Waals surface area contributed by atoms with Crippen LogP contribution in [0.2, 0.25) is 0 Å². The van der Waals surface area contributed by atoms with Crippen LogP contribution in [-0.2, 0) is 21.2 Å². The van der Waals surface area contributed by atoms with E-state index in [-0.39, 0.29) is 28.3 Å². The Morgan fingerprint density at radius 2 is 1.79 bits per heavy atom. The molecule has 0 aliphatic heterocycles. The van der Waals surface area contributed by atoms with E-state index in [1.54, 1.807) is 24.3 Å². The maximum Gasteiger partial charge on any atom is 0.270 e. The van der Waals surface area contributed by atoms with Crippen LogP contribution in [-0.4, -0.2) is 24.9 Å². The molecular formula is C22H24N2O4S. The largest absolute Gasteiger partial charge is 0.352 e. The van der Waals surface area contributed by atoms with Gasteiger partial charge < -0.3 is 5.32 Å². The number of hydrogen-bond donors (Lipinski definition) is 1. The van der Waals surface area contributed by atoms with Crippen molar-refractivity contribution in [3.63, 3.8) is 0 Å². The SMILES string of the molecule is CC[C@@H](C)NC(=O)Cn1c(=O)c(S(=O)(=O)c2ccccc2)cc2cc(C)ccc21. The van der Waals surface area contributed by atoms with Crippen LogP contribution >= 0.6 is 0 Å². The Balaban J connectivity index is 2.21. The molecule has 1 amide bonds. The summed E-state index contributed by atoms with van der Waals surface area (Å²) in [5.41, 5.74) is 0.742. The molecule has 0 fully saturated rings. The number of benzene rings is 2. The van der Waals surface area contributed by atoms with Gasteiger partial charge in [0.15, 0.2) is 0 Å². The van der Waals surface area contributed by atoms with Crippen LogP contribution in [0, 0.1) is 6.92 Å². The molecule has 0 radical (unpaired) electrons. The summed E-state index contributed by atoms with van der Waals surface area (Å²) in [5.74, 6) is -0.336. The molecule has 0 bridgehead atoms. The highest BCUT2D eigenvalue weighted by Crippen LogP contribution is 2.22. The standard InChI is InChI=1S/C22H24N2O4S/c1-4-16(3)23-21(25)14-24-19-11-10-15(2)12-17(19)13-20(22(24)26)29(27,28)18-8-6-5-7-9-18/h5-13,16H,4,14H2,1-3H3,(H,23,25)/t16-/m1/s1. The number of fused-ring (bicyclic) bond motifs is 1. The number of hydrogen-bond acceptors (Lipinski definition) is 4. The molecule has 29 heavy (non-hydrogen) atoms. The third-order valence-corrected chi connectivity index (χ3v) is 6.65. The second-order valence-electron chi connectivity index (χ2n) is 7.16. The lowest BCUT2D eigenvalue weighted by Gasteiger charge is -2.16. The molecule has 0 unspecified atom stereocenters. The summed E-state index contributed by atoms with van der Waals surface area (Å²) in [6, 6.07) is 14.6. The van der Waals surface area contributed by atoms with Gasteiger partial charge in [-0.15, -0.1) is 0 Å². The molecule has 0 aliphatic carbocycles. The lowest BCUT2D eigenvalue weighted by molar-refractivity contribution is -0.122. The summed E-state index contributed by atoms with van der Waals surface area (Å²) >= 11 is 0. The number of sulfone groups is 1. The smallest absolute Gasteiger partial charge is 0.270 e. The van der Waals surface area contributed by atoms with Crippen LogP contribution in [0.4, 0.5) is 0 Å². The van der Waals surface area contributed by atoms with Crippen molar-refractivity contribution in [3.8, 4) is 0 Å². The van der Waals surface area contributed by atoms with Crippen LogP contribution in [0.25, 0.3) is 10.9 Å². The van der Waals surface area contributed by atoms with E-state index in [9.17, 15) is 18.0 Å². The van der Waals surface area contributed by atoms with Gasteiger partial charge in [0, 0.05) is 11.4 Å². The molecule has 0 spiro atoms. The number of carbonyl (C=O) groups excluding carboxylic acids is 1. The van der Waals surface area contributed by atoms with Gasteiger partial charge in [-0.3, -0.25) is 14.2 Å². The number of aryl methyl sites for hydroxylation is 1. The van der Waals surface area contributed by atoms with Gasteiger partial charge in [0.2, 0.25) is 15.7 Å². The first-order valence-electron chi connectivity index (χ1n) is 9.47. The van der Waals surface area contributed by atoms with Crippen LogP contribution in [0.5, 0.6) is 0 Å². The number of nitrogens with zero attached hydrogens (tertiary/aromatic N) is 1. The molecular weight excluding hydrogens is 388 g/mol. The van der Waals surface area contributed by atoms with Crippen molar-refractivity contribution in [3.05, 3.63) is 70.5 Å². The Kier molecular flexibility index (Phi) is 5.88. The first kappa shape index (κ1) is 20.8. The summed E-state index contributed by atoms with van der Waals surface area (Å²) in [6.07, 6.45) is 0.753. The zero-order chi connectivity index (χ0) is 21.2. The summed E-state index contributed by atoms with van der Waals surface area (Å²) in [7, 11) is -4.03. The average Bonchev–Trinajstić information content (AvgIpc) is 2.70. The van der Waals surface area contributed by atoms with Crippen molar-refractivity contribution in [1.29, 1.82) is 0 Å². The molecule has 7 heteroatoms. The van der Waals surface area contributed by atoms with Gasteiger partial charge in [0.05, 0.1) is 10.4 Å². The maximum absolute atomic E-state index is 13.2. The van der Waals surface area contributed by atoms with E-state index in [1.165, 1.54) is 22.8 Å². The van der Waals surface area contributed by atoms with Crippen molar-refractivity contribution in [1.82, 2.24) is 9.88 Å². The second kappa shape index (κ2) is 8.21. The summed E-state index contributed by atoms with van der Waals surface area (Å²) in [6.45, 7) is 5.46. The van der Waals surface area contributed by atoms with Crippen molar-refractivity contribution < 1.29 is 13.2 Å². The molecule has 3 rings (SSSR count). The van der Waals surface area contributed by atoms with Gasteiger partial charge >= 0.3 is 0 Å². The molecule has 1 heterocycles.